The fourth-order valence-corrected chi connectivity index (χ4v) is 8.52. The molecule has 0 unspecified atom stereocenters. The van der Waals surface area contributed by atoms with Crippen LogP contribution in [0.5, 0.6) is 0 Å². The van der Waals surface area contributed by atoms with Crippen LogP contribution in [0.4, 0.5) is 17.1 Å². The maximum Gasteiger partial charge on any atom is 0.143 e. The zero-order valence-electron chi connectivity index (χ0n) is 25.4. The van der Waals surface area contributed by atoms with Crippen molar-refractivity contribution in [3.63, 3.8) is 0 Å². The number of nitrogens with zero attached hydrogens (tertiary/aromatic N) is 1. The van der Waals surface area contributed by atoms with E-state index in [1.807, 2.05) is 17.4 Å². The largest absolute Gasteiger partial charge is 0.455 e. The molecule has 3 heteroatoms. The highest BCUT2D eigenvalue weighted by molar-refractivity contribution is 7.26. The second-order valence-electron chi connectivity index (χ2n) is 12.1. The van der Waals surface area contributed by atoms with Crippen LogP contribution in [0, 0.1) is 0 Å². The van der Waals surface area contributed by atoms with Crippen LogP contribution < -0.4 is 4.90 Å². The normalized spacial score (nSPS) is 11.8. The summed E-state index contributed by atoms with van der Waals surface area (Å²) in [6.07, 6.45) is 0. The van der Waals surface area contributed by atoms with E-state index in [9.17, 15) is 0 Å². The van der Waals surface area contributed by atoms with Crippen molar-refractivity contribution in [2.24, 2.45) is 0 Å². The van der Waals surface area contributed by atoms with Crippen LogP contribution in [0.1, 0.15) is 0 Å². The number of fused-ring (bicyclic) bond motifs is 9. The molecule has 0 saturated carbocycles. The van der Waals surface area contributed by atoms with Crippen LogP contribution in [-0.2, 0) is 0 Å². The number of rotatable bonds is 4. The summed E-state index contributed by atoms with van der Waals surface area (Å²) in [5.74, 6) is 0. The fourth-order valence-electron chi connectivity index (χ4n) is 7.31. The number of thiophene rings is 1. The molecule has 220 valence electrons. The molecule has 0 aliphatic heterocycles. The van der Waals surface area contributed by atoms with Gasteiger partial charge in [-0.3, -0.25) is 0 Å². The summed E-state index contributed by atoms with van der Waals surface area (Å²) in [6.45, 7) is 0. The van der Waals surface area contributed by atoms with Gasteiger partial charge in [-0.2, -0.15) is 0 Å². The Bertz CT molecular complexity index is 2800. The molecule has 0 aliphatic rings. The van der Waals surface area contributed by atoms with Crippen LogP contribution >= 0.6 is 11.3 Å². The van der Waals surface area contributed by atoms with Crippen LogP contribution in [0.3, 0.4) is 0 Å². The smallest absolute Gasteiger partial charge is 0.143 e. The lowest BCUT2D eigenvalue weighted by atomic mass is 9.94. The van der Waals surface area contributed by atoms with Gasteiger partial charge in [0.1, 0.15) is 11.2 Å². The minimum absolute atomic E-state index is 0.917. The molecule has 0 spiro atoms. The molecule has 10 aromatic rings. The summed E-state index contributed by atoms with van der Waals surface area (Å²) >= 11 is 1.88. The van der Waals surface area contributed by atoms with Crippen molar-refractivity contribution in [2.75, 3.05) is 4.90 Å². The summed E-state index contributed by atoms with van der Waals surface area (Å²) in [7, 11) is 0. The van der Waals surface area contributed by atoms with Gasteiger partial charge >= 0.3 is 0 Å². The molecular weight excluding hydrogens is 591 g/mol. The molecule has 0 fully saturated rings. The highest BCUT2D eigenvalue weighted by Crippen LogP contribution is 2.47. The number of furan rings is 1. The number of benzene rings is 8. The average molecular weight is 618 g/mol. The predicted molar refractivity (Wildman–Crippen MR) is 202 cm³/mol. The van der Waals surface area contributed by atoms with Gasteiger partial charge in [0.15, 0.2) is 0 Å². The van der Waals surface area contributed by atoms with Crippen molar-refractivity contribution in [1.82, 2.24) is 0 Å². The lowest BCUT2D eigenvalue weighted by Gasteiger charge is -2.27. The lowest BCUT2D eigenvalue weighted by molar-refractivity contribution is 0.670. The third-order valence-corrected chi connectivity index (χ3v) is 10.7. The third-order valence-electron chi connectivity index (χ3n) is 9.44. The van der Waals surface area contributed by atoms with E-state index in [0.29, 0.717) is 0 Å². The first kappa shape index (κ1) is 26.3. The van der Waals surface area contributed by atoms with E-state index < -0.39 is 0 Å². The molecule has 10 rings (SSSR count). The molecule has 8 aromatic carbocycles. The van der Waals surface area contributed by atoms with Crippen LogP contribution in [0.2, 0.25) is 0 Å². The van der Waals surface area contributed by atoms with Gasteiger partial charge in [0, 0.05) is 58.7 Å². The second-order valence-corrected chi connectivity index (χ2v) is 13.1. The van der Waals surface area contributed by atoms with Gasteiger partial charge in [0.25, 0.3) is 0 Å². The molecule has 2 heterocycles. The summed E-state index contributed by atoms with van der Waals surface area (Å²) < 4.78 is 9.13. The van der Waals surface area contributed by atoms with Crippen LogP contribution in [0.15, 0.2) is 168 Å². The van der Waals surface area contributed by atoms with E-state index in [-0.39, 0.29) is 0 Å². The Morgan fingerprint density at radius 3 is 2.02 bits per heavy atom. The molecule has 0 N–H and O–H groups in total. The maximum absolute atomic E-state index is 6.55. The van der Waals surface area contributed by atoms with Crippen LogP contribution in [0.25, 0.3) is 74.8 Å². The maximum atomic E-state index is 6.55. The van der Waals surface area contributed by atoms with Gasteiger partial charge in [0.2, 0.25) is 0 Å². The second kappa shape index (κ2) is 10.3. The molecule has 2 nitrogen and oxygen atoms in total. The van der Waals surface area contributed by atoms with Crippen molar-refractivity contribution in [2.45, 2.75) is 0 Å². The van der Waals surface area contributed by atoms with E-state index in [1.54, 1.807) is 0 Å². The first-order valence-electron chi connectivity index (χ1n) is 15.9. The third kappa shape index (κ3) is 4.04. The number of para-hydroxylation sites is 3. The van der Waals surface area contributed by atoms with Gasteiger partial charge in [0.05, 0.1) is 5.69 Å². The number of anilines is 3. The monoisotopic (exact) mass is 617 g/mol. The zero-order valence-corrected chi connectivity index (χ0v) is 26.2. The first-order valence-corrected chi connectivity index (χ1v) is 16.7. The van der Waals surface area contributed by atoms with E-state index >= 15 is 0 Å². The van der Waals surface area contributed by atoms with Gasteiger partial charge in [-0.15, -0.1) is 11.3 Å². The molecule has 0 aliphatic carbocycles. The van der Waals surface area contributed by atoms with Gasteiger partial charge in [-0.05, 0) is 64.9 Å². The molecule has 47 heavy (non-hydrogen) atoms. The predicted octanol–water partition coefficient (Wildman–Crippen LogP) is 13.4. The van der Waals surface area contributed by atoms with Gasteiger partial charge in [-0.25, -0.2) is 0 Å². The number of hydrogen-bond donors (Lipinski definition) is 0. The summed E-state index contributed by atoms with van der Waals surface area (Å²) in [6, 6.07) is 58.9. The molecule has 0 atom stereocenters. The summed E-state index contributed by atoms with van der Waals surface area (Å²) in [4.78, 5) is 2.39. The molecule has 2 aromatic heterocycles. The lowest BCUT2D eigenvalue weighted by Crippen LogP contribution is -2.10. The highest BCUT2D eigenvalue weighted by atomic mass is 32.1. The van der Waals surface area contributed by atoms with E-state index in [1.165, 1.54) is 47.3 Å². The van der Waals surface area contributed by atoms with Crippen molar-refractivity contribution in [1.29, 1.82) is 0 Å². The molecule has 0 radical (unpaired) electrons. The Balaban J connectivity index is 1.26. The van der Waals surface area contributed by atoms with E-state index in [0.717, 1.165) is 44.6 Å². The Morgan fingerprint density at radius 2 is 1.13 bits per heavy atom. The topological polar surface area (TPSA) is 16.4 Å². The first-order chi connectivity index (χ1) is 23.3. The SMILES string of the molecule is c1ccc(N(c2ccc3sc4c5ccccc5c(-c5cccc6c5oc5ccccc56)cc4c3c2)c2cccc3ccccc23)cc1. The van der Waals surface area contributed by atoms with E-state index in [2.05, 4.69) is 163 Å². The molecule has 0 saturated heterocycles. The van der Waals surface area contributed by atoms with Crippen molar-refractivity contribution < 1.29 is 4.42 Å². The van der Waals surface area contributed by atoms with Gasteiger partial charge in [-0.1, -0.05) is 115 Å². The van der Waals surface area contributed by atoms with Crippen molar-refractivity contribution in [3.8, 4) is 11.1 Å². The minimum atomic E-state index is 0.917. The quantitative estimate of drug-likeness (QED) is 0.195. The van der Waals surface area contributed by atoms with Crippen molar-refractivity contribution in [3.05, 3.63) is 164 Å². The zero-order chi connectivity index (χ0) is 30.9. The summed E-state index contributed by atoms with van der Waals surface area (Å²) in [5.41, 5.74) is 7.59. The van der Waals surface area contributed by atoms with E-state index in [4.69, 9.17) is 4.42 Å². The van der Waals surface area contributed by atoms with Crippen LogP contribution in [-0.4, -0.2) is 0 Å². The minimum Gasteiger partial charge on any atom is -0.455 e. The fraction of sp³-hybridized carbons (Fsp3) is 0. The average Bonchev–Trinajstić information content (AvgIpc) is 3.70. The van der Waals surface area contributed by atoms with Gasteiger partial charge < -0.3 is 9.32 Å². The number of hydrogen-bond acceptors (Lipinski definition) is 3. The summed E-state index contributed by atoms with van der Waals surface area (Å²) in [5, 5.41) is 9.77. The Labute approximate surface area is 275 Å². The standard InChI is InChI=1S/C44H27NOS/c1-2-14-29(15-3-1)45(40-22-10-13-28-12-4-5-16-31(28)40)30-24-25-42-38(26-30)39-27-37(32-17-6-7-19-36(32)44(39)47-42)35-21-11-20-34-33-18-8-9-23-41(33)46-43(34)35/h1-27H. The highest BCUT2D eigenvalue weighted by Gasteiger charge is 2.20. The Hall–Kier alpha value is -5.90. The Morgan fingerprint density at radius 1 is 0.426 bits per heavy atom. The van der Waals surface area contributed by atoms with Crippen molar-refractivity contribution >= 4 is 92.1 Å². The Kier molecular flexibility index (Phi) is 5.78. The molecule has 0 amide bonds. The molecule has 0 bridgehead atoms. The molecular formula is C44H27NOS.